The van der Waals surface area contributed by atoms with Crippen LogP contribution in [0.1, 0.15) is 18.1 Å². The van der Waals surface area contributed by atoms with Crippen molar-refractivity contribution in [3.8, 4) is 6.07 Å². The fraction of sp³-hybridized carbons (Fsp3) is 0.571. The molecule has 76 valence electrons. The van der Waals surface area contributed by atoms with E-state index < -0.39 is 9.84 Å². The third kappa shape index (κ3) is 3.53. The molecular formula is C7H9N3O3S. The maximum Gasteiger partial charge on any atom is 0.227 e. The van der Waals surface area contributed by atoms with Crippen LogP contribution in [0.5, 0.6) is 0 Å². The number of hydrogen-bond donors (Lipinski definition) is 0. The number of hydrogen-bond acceptors (Lipinski definition) is 6. The van der Waals surface area contributed by atoms with E-state index in [1.165, 1.54) is 0 Å². The van der Waals surface area contributed by atoms with E-state index in [2.05, 4.69) is 10.1 Å². The second-order valence-electron chi connectivity index (χ2n) is 2.83. The zero-order chi connectivity index (χ0) is 10.6. The highest BCUT2D eigenvalue weighted by Crippen LogP contribution is 2.03. The van der Waals surface area contributed by atoms with Crippen molar-refractivity contribution in [3.63, 3.8) is 0 Å². The standard InChI is InChI=1S/C7H9N3O3S/c1-14(11,12)5-6-9-7(13-10-6)3-2-4-8/h2-3,5H2,1H3. The number of rotatable bonds is 4. The number of sulfone groups is 1. The van der Waals surface area contributed by atoms with Crippen molar-refractivity contribution >= 4 is 9.84 Å². The molecule has 1 heterocycles. The van der Waals surface area contributed by atoms with Crippen molar-refractivity contribution in [3.05, 3.63) is 11.7 Å². The second-order valence-corrected chi connectivity index (χ2v) is 4.97. The van der Waals surface area contributed by atoms with Gasteiger partial charge in [-0.25, -0.2) is 8.42 Å². The van der Waals surface area contributed by atoms with Crippen molar-refractivity contribution in [1.29, 1.82) is 5.26 Å². The monoisotopic (exact) mass is 215 g/mol. The molecule has 0 N–H and O–H groups in total. The van der Waals surface area contributed by atoms with Crippen LogP contribution < -0.4 is 0 Å². The summed E-state index contributed by atoms with van der Waals surface area (Å²) < 4.78 is 26.4. The number of aromatic nitrogens is 2. The molecule has 0 bridgehead atoms. The Morgan fingerprint density at radius 1 is 1.57 bits per heavy atom. The second kappa shape index (κ2) is 4.19. The molecule has 0 unspecified atom stereocenters. The summed E-state index contributed by atoms with van der Waals surface area (Å²) in [6, 6.07) is 1.93. The molecule has 0 radical (unpaired) electrons. The first-order valence-electron chi connectivity index (χ1n) is 3.87. The van der Waals surface area contributed by atoms with Crippen molar-refractivity contribution in [2.45, 2.75) is 18.6 Å². The molecule has 0 aliphatic rings. The van der Waals surface area contributed by atoms with Gasteiger partial charge in [-0.2, -0.15) is 10.2 Å². The van der Waals surface area contributed by atoms with Gasteiger partial charge in [-0.15, -0.1) is 0 Å². The summed E-state index contributed by atoms with van der Waals surface area (Å²) in [5.41, 5.74) is 0. The highest BCUT2D eigenvalue weighted by atomic mass is 32.2. The summed E-state index contributed by atoms with van der Waals surface area (Å²) in [7, 11) is -3.13. The largest absolute Gasteiger partial charge is 0.339 e. The van der Waals surface area contributed by atoms with Crippen molar-refractivity contribution < 1.29 is 12.9 Å². The highest BCUT2D eigenvalue weighted by Gasteiger charge is 2.11. The molecule has 1 rings (SSSR count). The topological polar surface area (TPSA) is 96.9 Å². The predicted molar refractivity (Wildman–Crippen MR) is 46.8 cm³/mol. The molecule has 0 aromatic carbocycles. The molecule has 6 nitrogen and oxygen atoms in total. The molecule has 0 atom stereocenters. The van der Waals surface area contributed by atoms with Gasteiger partial charge in [0.15, 0.2) is 15.7 Å². The molecule has 1 aromatic heterocycles. The van der Waals surface area contributed by atoms with E-state index >= 15 is 0 Å². The van der Waals surface area contributed by atoms with E-state index in [9.17, 15) is 8.42 Å². The van der Waals surface area contributed by atoms with Crippen LogP contribution >= 0.6 is 0 Å². The molecule has 14 heavy (non-hydrogen) atoms. The lowest BCUT2D eigenvalue weighted by molar-refractivity contribution is 0.375. The molecule has 0 fully saturated rings. The van der Waals surface area contributed by atoms with Gasteiger partial charge in [0.2, 0.25) is 5.89 Å². The van der Waals surface area contributed by atoms with Gasteiger partial charge in [-0.1, -0.05) is 5.16 Å². The Morgan fingerprint density at radius 2 is 2.29 bits per heavy atom. The van der Waals surface area contributed by atoms with Crippen LogP contribution in [0.4, 0.5) is 0 Å². The van der Waals surface area contributed by atoms with Gasteiger partial charge in [0.1, 0.15) is 5.75 Å². The summed E-state index contributed by atoms with van der Waals surface area (Å²) in [6.45, 7) is 0. The summed E-state index contributed by atoms with van der Waals surface area (Å²) in [5, 5.41) is 11.8. The van der Waals surface area contributed by atoms with E-state index in [1.807, 2.05) is 6.07 Å². The zero-order valence-corrected chi connectivity index (χ0v) is 8.41. The number of nitriles is 1. The first-order valence-corrected chi connectivity index (χ1v) is 5.93. The molecule has 0 amide bonds. The average Bonchev–Trinajstić information content (AvgIpc) is 2.46. The maximum atomic E-state index is 10.8. The molecule has 7 heteroatoms. The van der Waals surface area contributed by atoms with Crippen LogP contribution in [0.15, 0.2) is 4.52 Å². The zero-order valence-electron chi connectivity index (χ0n) is 7.60. The van der Waals surface area contributed by atoms with Gasteiger partial charge in [-0.05, 0) is 0 Å². The first kappa shape index (κ1) is 10.7. The Kier molecular flexibility index (Phi) is 3.19. The van der Waals surface area contributed by atoms with Crippen LogP contribution in [0.25, 0.3) is 0 Å². The Morgan fingerprint density at radius 3 is 2.86 bits per heavy atom. The van der Waals surface area contributed by atoms with Gasteiger partial charge < -0.3 is 4.52 Å². The highest BCUT2D eigenvalue weighted by molar-refractivity contribution is 7.89. The molecule has 0 spiro atoms. The SMILES string of the molecule is CS(=O)(=O)Cc1noc(CCC#N)n1. The quantitative estimate of drug-likeness (QED) is 0.705. The molecular weight excluding hydrogens is 206 g/mol. The normalized spacial score (nSPS) is 11.1. The van der Waals surface area contributed by atoms with E-state index in [-0.39, 0.29) is 18.0 Å². The average molecular weight is 215 g/mol. The lowest BCUT2D eigenvalue weighted by atomic mass is 10.3. The lowest BCUT2D eigenvalue weighted by Crippen LogP contribution is -2.02. The minimum absolute atomic E-state index is 0.139. The molecule has 0 saturated carbocycles. The van der Waals surface area contributed by atoms with Crippen molar-refractivity contribution in [2.24, 2.45) is 0 Å². The van der Waals surface area contributed by atoms with Gasteiger partial charge in [0, 0.05) is 19.1 Å². The molecule has 0 aliphatic carbocycles. The fourth-order valence-electron chi connectivity index (χ4n) is 0.848. The van der Waals surface area contributed by atoms with Gasteiger partial charge in [0.05, 0.1) is 6.07 Å². The number of aryl methyl sites for hydroxylation is 1. The third-order valence-electron chi connectivity index (χ3n) is 1.35. The Balaban J connectivity index is 2.65. The van der Waals surface area contributed by atoms with E-state index in [0.29, 0.717) is 12.3 Å². The summed E-state index contributed by atoms with van der Waals surface area (Å²) in [5.74, 6) is 0.203. The summed E-state index contributed by atoms with van der Waals surface area (Å²) in [6.07, 6.45) is 1.73. The van der Waals surface area contributed by atoms with Gasteiger partial charge in [-0.3, -0.25) is 0 Å². The predicted octanol–water partition coefficient (Wildman–Crippen LogP) is 0.0704. The van der Waals surface area contributed by atoms with Crippen LogP contribution in [-0.4, -0.2) is 24.8 Å². The fourth-order valence-corrected chi connectivity index (χ4v) is 1.43. The summed E-state index contributed by atoms with van der Waals surface area (Å²) >= 11 is 0. The van der Waals surface area contributed by atoms with Crippen LogP contribution in [-0.2, 0) is 22.0 Å². The Bertz CT molecular complexity index is 443. The van der Waals surface area contributed by atoms with E-state index in [4.69, 9.17) is 9.78 Å². The summed E-state index contributed by atoms with van der Waals surface area (Å²) in [4.78, 5) is 3.83. The maximum absolute atomic E-state index is 10.8. The van der Waals surface area contributed by atoms with Gasteiger partial charge >= 0.3 is 0 Å². The minimum atomic E-state index is -3.13. The van der Waals surface area contributed by atoms with E-state index in [1.54, 1.807) is 0 Å². The molecule has 0 saturated heterocycles. The third-order valence-corrected chi connectivity index (χ3v) is 2.13. The van der Waals surface area contributed by atoms with E-state index in [0.717, 1.165) is 6.26 Å². The van der Waals surface area contributed by atoms with Crippen molar-refractivity contribution in [2.75, 3.05) is 6.26 Å². The molecule has 1 aromatic rings. The Labute approximate surface area is 81.5 Å². The van der Waals surface area contributed by atoms with Crippen LogP contribution in [0.3, 0.4) is 0 Å². The van der Waals surface area contributed by atoms with Crippen LogP contribution in [0.2, 0.25) is 0 Å². The van der Waals surface area contributed by atoms with Crippen molar-refractivity contribution in [1.82, 2.24) is 10.1 Å². The minimum Gasteiger partial charge on any atom is -0.339 e. The van der Waals surface area contributed by atoms with Gasteiger partial charge in [0.25, 0.3) is 0 Å². The van der Waals surface area contributed by atoms with Crippen LogP contribution in [0, 0.1) is 11.3 Å². The lowest BCUT2D eigenvalue weighted by Gasteiger charge is -1.88. The molecule has 0 aliphatic heterocycles. The first-order chi connectivity index (χ1) is 6.51. The number of nitrogens with zero attached hydrogens (tertiary/aromatic N) is 3. The Hall–Kier alpha value is -1.42. The smallest absolute Gasteiger partial charge is 0.227 e.